The lowest BCUT2D eigenvalue weighted by Crippen LogP contribution is -2.32. The van der Waals surface area contributed by atoms with Crippen LogP contribution >= 0.6 is 0 Å². The summed E-state index contributed by atoms with van der Waals surface area (Å²) in [5, 5.41) is 0. The third kappa shape index (κ3) is 4.52. The first kappa shape index (κ1) is 12.3. The molecule has 0 spiro atoms. The highest BCUT2D eigenvalue weighted by Crippen LogP contribution is 2.34. The van der Waals surface area contributed by atoms with Crippen molar-refractivity contribution in [2.45, 2.75) is 32.9 Å². The molecule has 64 valence electrons. The molecule has 0 aliphatic carbocycles. The molecule has 0 fully saturated rings. The minimum absolute atomic E-state index is 0.188. The summed E-state index contributed by atoms with van der Waals surface area (Å²) < 4.78 is 54.6. The molecule has 0 rings (SSSR count). The van der Waals surface area contributed by atoms with E-state index in [1.807, 2.05) is 13.8 Å². The van der Waals surface area contributed by atoms with Crippen LogP contribution in [-0.2, 0) is 0 Å². The van der Waals surface area contributed by atoms with Gasteiger partial charge in [0, 0.05) is 6.92 Å². The third-order valence-electron chi connectivity index (χ3n) is 0.498. The zero-order valence-corrected chi connectivity index (χ0v) is 5.89. The first-order chi connectivity index (χ1) is 4.25. The fourth-order valence-electron chi connectivity index (χ4n) is 0. The molecule has 0 bridgehead atoms. The summed E-state index contributed by atoms with van der Waals surface area (Å²) in [6, 6.07) is 0. The highest BCUT2D eigenvalue weighted by atomic mass is 19.4. The van der Waals surface area contributed by atoms with Crippen LogP contribution in [0.3, 0.4) is 0 Å². The molecule has 0 radical (unpaired) electrons. The minimum Gasteiger partial charge on any atom is -0.197 e. The molecule has 0 nitrogen and oxygen atoms in total. The molecule has 0 N–H and O–H groups in total. The minimum atomic E-state index is -5.40. The van der Waals surface area contributed by atoms with E-state index in [4.69, 9.17) is 0 Å². The van der Waals surface area contributed by atoms with Crippen LogP contribution in [0.15, 0.2) is 0 Å². The Bertz CT molecular complexity index is 65.0. The van der Waals surface area contributed by atoms with Crippen LogP contribution in [0.1, 0.15) is 20.8 Å². The molecule has 0 aliphatic heterocycles. The van der Waals surface area contributed by atoms with E-state index >= 15 is 0 Å². The molecule has 0 unspecified atom stereocenters. The van der Waals surface area contributed by atoms with Gasteiger partial charge in [-0.25, -0.2) is 0 Å². The van der Waals surface area contributed by atoms with Gasteiger partial charge in [0.15, 0.2) is 0 Å². The number of hydrogen-bond acceptors (Lipinski definition) is 0. The van der Waals surface area contributed by atoms with Crippen LogP contribution in [0, 0.1) is 0 Å². The summed E-state index contributed by atoms with van der Waals surface area (Å²) >= 11 is 0. The third-order valence-corrected chi connectivity index (χ3v) is 0.498. The van der Waals surface area contributed by atoms with Crippen molar-refractivity contribution < 1.29 is 22.0 Å². The molecule has 0 aromatic carbocycles. The van der Waals surface area contributed by atoms with Gasteiger partial charge in [0.1, 0.15) is 0 Å². The van der Waals surface area contributed by atoms with Crippen molar-refractivity contribution in [3.8, 4) is 0 Å². The monoisotopic (exact) mass is 164 g/mol. The van der Waals surface area contributed by atoms with Crippen molar-refractivity contribution in [1.82, 2.24) is 0 Å². The van der Waals surface area contributed by atoms with E-state index < -0.39 is 12.1 Å². The Labute approximate surface area is 56.0 Å². The first-order valence-electron chi connectivity index (χ1n) is 2.69. The first-order valence-corrected chi connectivity index (χ1v) is 2.69. The summed E-state index contributed by atoms with van der Waals surface area (Å²) in [4.78, 5) is 0. The Balaban J connectivity index is 0. The average molecular weight is 164 g/mol. The van der Waals surface area contributed by atoms with Gasteiger partial charge in [0.25, 0.3) is 0 Å². The molecule has 0 amide bonds. The van der Waals surface area contributed by atoms with Crippen molar-refractivity contribution in [2.75, 3.05) is 0 Å². The standard InChI is InChI=1S/C3H3F5.C2H6/c1-2(4,5)3(6,7)8;1-2/h1H3;1-2H3. The molecule has 0 aliphatic rings. The number of hydrogen-bond donors (Lipinski definition) is 0. The van der Waals surface area contributed by atoms with Crippen LogP contribution in [-0.4, -0.2) is 12.1 Å². The van der Waals surface area contributed by atoms with Gasteiger partial charge in [-0.3, -0.25) is 0 Å². The predicted molar refractivity (Wildman–Crippen MR) is 28.0 cm³/mol. The Kier molecular flexibility index (Phi) is 4.60. The summed E-state index contributed by atoms with van der Waals surface area (Å²) in [5.74, 6) is -4.56. The van der Waals surface area contributed by atoms with E-state index in [-0.39, 0.29) is 6.92 Å². The van der Waals surface area contributed by atoms with E-state index in [2.05, 4.69) is 0 Å². The number of halogens is 5. The Hall–Kier alpha value is -0.350. The van der Waals surface area contributed by atoms with Gasteiger partial charge < -0.3 is 0 Å². The average Bonchev–Trinajstić information content (AvgIpc) is 1.66. The maximum atomic E-state index is 11.1. The van der Waals surface area contributed by atoms with Crippen LogP contribution < -0.4 is 0 Å². The van der Waals surface area contributed by atoms with Crippen molar-refractivity contribution in [1.29, 1.82) is 0 Å². The lowest BCUT2D eigenvalue weighted by atomic mass is 10.4. The van der Waals surface area contributed by atoms with Gasteiger partial charge in [-0.05, 0) is 0 Å². The normalized spacial score (nSPS) is 12.0. The largest absolute Gasteiger partial charge is 0.452 e. The fraction of sp³-hybridized carbons (Fsp3) is 1.00. The van der Waals surface area contributed by atoms with E-state index in [0.29, 0.717) is 0 Å². The van der Waals surface area contributed by atoms with Gasteiger partial charge in [-0.15, -0.1) is 0 Å². The Morgan fingerprint density at radius 1 is 0.800 bits per heavy atom. The summed E-state index contributed by atoms with van der Waals surface area (Å²) in [6.45, 7) is 3.81. The second-order valence-corrected chi connectivity index (χ2v) is 1.39. The van der Waals surface area contributed by atoms with E-state index in [9.17, 15) is 22.0 Å². The maximum absolute atomic E-state index is 11.1. The molecule has 10 heavy (non-hydrogen) atoms. The zero-order chi connectivity index (χ0) is 9.00. The second kappa shape index (κ2) is 3.73. The summed E-state index contributed by atoms with van der Waals surface area (Å²) in [5.41, 5.74) is 0. The Morgan fingerprint density at radius 3 is 0.900 bits per heavy atom. The molecule has 0 aromatic heterocycles. The molecular weight excluding hydrogens is 155 g/mol. The van der Waals surface area contributed by atoms with Gasteiger partial charge in [0.2, 0.25) is 0 Å². The van der Waals surface area contributed by atoms with Crippen molar-refractivity contribution in [3.05, 3.63) is 0 Å². The summed E-state index contributed by atoms with van der Waals surface area (Å²) in [6.07, 6.45) is -5.40. The van der Waals surface area contributed by atoms with Gasteiger partial charge in [-0.1, -0.05) is 13.8 Å². The summed E-state index contributed by atoms with van der Waals surface area (Å²) in [7, 11) is 0. The SMILES string of the molecule is CC.CC(F)(F)C(F)(F)F. The van der Waals surface area contributed by atoms with E-state index in [1.54, 1.807) is 0 Å². The zero-order valence-electron chi connectivity index (χ0n) is 5.89. The van der Waals surface area contributed by atoms with Gasteiger partial charge >= 0.3 is 12.1 Å². The van der Waals surface area contributed by atoms with E-state index in [0.717, 1.165) is 0 Å². The van der Waals surface area contributed by atoms with Crippen LogP contribution in [0.5, 0.6) is 0 Å². The molecule has 0 aromatic rings. The second-order valence-electron chi connectivity index (χ2n) is 1.39. The highest BCUT2D eigenvalue weighted by Gasteiger charge is 2.52. The van der Waals surface area contributed by atoms with Crippen molar-refractivity contribution in [3.63, 3.8) is 0 Å². The molecule has 5 heteroatoms. The fourth-order valence-corrected chi connectivity index (χ4v) is 0. The lowest BCUT2D eigenvalue weighted by Gasteiger charge is -2.12. The molecule has 0 heterocycles. The van der Waals surface area contributed by atoms with Crippen molar-refractivity contribution >= 4 is 0 Å². The maximum Gasteiger partial charge on any atom is 0.452 e. The van der Waals surface area contributed by atoms with E-state index in [1.165, 1.54) is 0 Å². The quantitative estimate of drug-likeness (QED) is 0.482. The van der Waals surface area contributed by atoms with Crippen LogP contribution in [0.25, 0.3) is 0 Å². The van der Waals surface area contributed by atoms with Crippen molar-refractivity contribution in [2.24, 2.45) is 0 Å². The van der Waals surface area contributed by atoms with Gasteiger partial charge in [-0.2, -0.15) is 22.0 Å². The highest BCUT2D eigenvalue weighted by molar-refractivity contribution is 4.67. The Morgan fingerprint density at radius 2 is 0.900 bits per heavy atom. The molecule has 0 saturated heterocycles. The molecule has 0 atom stereocenters. The van der Waals surface area contributed by atoms with Gasteiger partial charge in [0.05, 0.1) is 0 Å². The molecule has 0 saturated carbocycles. The lowest BCUT2D eigenvalue weighted by molar-refractivity contribution is -0.273. The smallest absolute Gasteiger partial charge is 0.197 e. The predicted octanol–water partition coefficient (Wildman–Crippen LogP) is 3.23. The van der Waals surface area contributed by atoms with Crippen LogP contribution in [0.2, 0.25) is 0 Å². The van der Waals surface area contributed by atoms with Crippen LogP contribution in [0.4, 0.5) is 22.0 Å². The number of rotatable bonds is 0. The molecular formula is C5H9F5. The topological polar surface area (TPSA) is 0 Å². The number of alkyl halides is 5.